The standard InChI is InChI=1S/C12H9N4/c1-2-4-10(5-3-1)7-16-9-15-11-6-13-8-14-12(11)16/h1-5,8-9H,7H2. The molecule has 0 spiro atoms. The minimum Gasteiger partial charge on any atom is -0.324 e. The summed E-state index contributed by atoms with van der Waals surface area (Å²) in [5.74, 6) is 2.81. The fraction of sp³-hybridized carbons (Fsp3) is 0.0833. The van der Waals surface area contributed by atoms with E-state index in [-0.39, 0.29) is 0 Å². The maximum absolute atomic E-state index is 4.20. The van der Waals surface area contributed by atoms with E-state index in [1.165, 1.54) is 11.9 Å². The quantitative estimate of drug-likeness (QED) is 0.729. The molecule has 0 unspecified atom stereocenters. The zero-order chi connectivity index (χ0) is 10.8. The summed E-state index contributed by atoms with van der Waals surface area (Å²) < 4.78 is 0. The van der Waals surface area contributed by atoms with Gasteiger partial charge in [0.1, 0.15) is 6.34 Å². The Labute approximate surface area is 93.4 Å². The van der Waals surface area contributed by atoms with Crippen LogP contribution in [0.4, 0.5) is 0 Å². The van der Waals surface area contributed by atoms with Gasteiger partial charge in [0.2, 0.25) is 6.17 Å². The van der Waals surface area contributed by atoms with Gasteiger partial charge in [-0.1, -0.05) is 30.3 Å². The van der Waals surface area contributed by atoms with Crippen LogP contribution in [0.15, 0.2) is 51.0 Å². The van der Waals surface area contributed by atoms with Crippen LogP contribution >= 0.6 is 0 Å². The first kappa shape index (κ1) is 9.07. The van der Waals surface area contributed by atoms with Crippen molar-refractivity contribution in [2.75, 3.05) is 0 Å². The molecule has 0 amide bonds. The van der Waals surface area contributed by atoms with Crippen molar-refractivity contribution in [3.63, 3.8) is 0 Å². The number of hydrogen-bond acceptors (Lipinski definition) is 4. The average Bonchev–Trinajstić information content (AvgIpc) is 2.74. The molecule has 1 aromatic carbocycles. The first-order chi connectivity index (χ1) is 7.93. The molecule has 0 aromatic heterocycles. The Balaban J connectivity index is 1.81. The molecule has 1 radical (unpaired) electrons. The lowest BCUT2D eigenvalue weighted by atomic mass is 10.2. The van der Waals surface area contributed by atoms with Gasteiger partial charge in [0.15, 0.2) is 5.70 Å². The molecule has 0 aliphatic carbocycles. The number of nitrogens with zero attached hydrogens (tertiary/aromatic N) is 4. The maximum atomic E-state index is 4.20. The summed E-state index contributed by atoms with van der Waals surface area (Å²) in [6.45, 7) is 0.766. The summed E-state index contributed by atoms with van der Waals surface area (Å²) in [6, 6.07) is 10.2. The smallest absolute Gasteiger partial charge is 0.237 e. The molecule has 0 saturated carbocycles. The third-order valence-electron chi connectivity index (χ3n) is 2.41. The zero-order valence-electron chi connectivity index (χ0n) is 8.54. The fourth-order valence-electron chi connectivity index (χ4n) is 1.66. The van der Waals surface area contributed by atoms with Crippen molar-refractivity contribution in [1.82, 2.24) is 4.90 Å². The van der Waals surface area contributed by atoms with Crippen molar-refractivity contribution in [1.29, 1.82) is 0 Å². The van der Waals surface area contributed by atoms with Crippen LogP contribution < -0.4 is 0 Å². The van der Waals surface area contributed by atoms with E-state index in [2.05, 4.69) is 33.0 Å². The Kier molecular flexibility index (Phi) is 2.13. The monoisotopic (exact) mass is 209 g/mol. The molecule has 4 nitrogen and oxygen atoms in total. The maximum Gasteiger partial charge on any atom is 0.237 e. The SMILES string of the molecule is C1=NC=N[C]2C=1N=CN2Cc1ccccc1. The van der Waals surface area contributed by atoms with Crippen LogP contribution in [0.25, 0.3) is 0 Å². The lowest BCUT2D eigenvalue weighted by Crippen LogP contribution is -2.22. The zero-order valence-corrected chi connectivity index (χ0v) is 8.54. The third kappa shape index (κ3) is 1.55. The Bertz CT molecular complexity index is 509. The fourth-order valence-corrected chi connectivity index (χ4v) is 1.66. The van der Waals surface area contributed by atoms with E-state index in [0.29, 0.717) is 5.70 Å². The highest BCUT2D eigenvalue weighted by atomic mass is 15.3. The first-order valence-electron chi connectivity index (χ1n) is 5.01. The molecule has 0 fully saturated rings. The molecule has 77 valence electrons. The van der Waals surface area contributed by atoms with Crippen LogP contribution in [-0.4, -0.2) is 23.4 Å². The average molecular weight is 209 g/mol. The van der Waals surface area contributed by atoms with Crippen LogP contribution in [0.1, 0.15) is 5.56 Å². The number of benzene rings is 1. The van der Waals surface area contributed by atoms with Gasteiger partial charge in [-0.25, -0.2) is 9.98 Å². The topological polar surface area (TPSA) is 40.3 Å². The van der Waals surface area contributed by atoms with Crippen LogP contribution in [0.2, 0.25) is 0 Å². The summed E-state index contributed by atoms with van der Waals surface area (Å²) in [4.78, 5) is 14.2. The molecular weight excluding hydrogens is 200 g/mol. The minimum atomic E-state index is 0.707. The van der Waals surface area contributed by atoms with Crippen LogP contribution in [0.3, 0.4) is 0 Å². The van der Waals surface area contributed by atoms with Gasteiger partial charge >= 0.3 is 0 Å². The lowest BCUT2D eigenvalue weighted by molar-refractivity contribution is 0.471. The van der Waals surface area contributed by atoms with E-state index in [1.807, 2.05) is 23.1 Å². The number of aliphatic imine (C=N–C) groups is 3. The molecule has 0 bridgehead atoms. The van der Waals surface area contributed by atoms with Crippen molar-refractivity contribution in [3.8, 4) is 0 Å². The Morgan fingerprint density at radius 3 is 2.88 bits per heavy atom. The van der Waals surface area contributed by atoms with E-state index in [1.54, 1.807) is 6.34 Å². The van der Waals surface area contributed by atoms with Gasteiger partial charge in [-0.3, -0.25) is 0 Å². The van der Waals surface area contributed by atoms with Gasteiger partial charge in [0, 0.05) is 12.4 Å². The van der Waals surface area contributed by atoms with Crippen molar-refractivity contribution < 1.29 is 0 Å². The van der Waals surface area contributed by atoms with Gasteiger partial charge in [0.25, 0.3) is 0 Å². The summed E-state index contributed by atoms with van der Waals surface area (Å²) in [7, 11) is 0. The normalized spacial score (nSPS) is 17.8. The highest BCUT2D eigenvalue weighted by Crippen LogP contribution is 2.26. The molecule has 0 atom stereocenters. The molecule has 4 heteroatoms. The number of rotatable bonds is 2. The van der Waals surface area contributed by atoms with E-state index >= 15 is 0 Å². The van der Waals surface area contributed by atoms with Crippen LogP contribution in [-0.2, 0) is 6.54 Å². The van der Waals surface area contributed by atoms with Gasteiger partial charge < -0.3 is 4.90 Å². The molecule has 16 heavy (non-hydrogen) atoms. The number of fused-ring (bicyclic) bond motifs is 1. The number of hydrogen-bond donors (Lipinski definition) is 0. The highest BCUT2D eigenvalue weighted by molar-refractivity contribution is 5.83. The van der Waals surface area contributed by atoms with E-state index in [9.17, 15) is 0 Å². The molecule has 0 N–H and O–H groups in total. The van der Waals surface area contributed by atoms with Gasteiger partial charge in [-0.2, -0.15) is 4.99 Å². The molecule has 1 aromatic rings. The predicted octanol–water partition coefficient (Wildman–Crippen LogP) is 1.62. The van der Waals surface area contributed by atoms with Crippen molar-refractivity contribution in [2.24, 2.45) is 15.0 Å². The molecule has 2 heterocycles. The van der Waals surface area contributed by atoms with Crippen molar-refractivity contribution in [3.05, 3.63) is 47.8 Å². The minimum absolute atomic E-state index is 0.707. The van der Waals surface area contributed by atoms with Crippen LogP contribution in [0.5, 0.6) is 0 Å². The van der Waals surface area contributed by atoms with E-state index in [0.717, 1.165) is 12.7 Å². The molecule has 0 saturated heterocycles. The third-order valence-corrected chi connectivity index (χ3v) is 2.41. The van der Waals surface area contributed by atoms with Crippen molar-refractivity contribution in [2.45, 2.75) is 6.54 Å². The second-order valence-electron chi connectivity index (χ2n) is 3.52. The van der Waals surface area contributed by atoms with Gasteiger partial charge in [-0.05, 0) is 5.56 Å². The second-order valence-corrected chi connectivity index (χ2v) is 3.52. The second kappa shape index (κ2) is 3.76. The van der Waals surface area contributed by atoms with Crippen molar-refractivity contribution >= 4 is 18.5 Å². The van der Waals surface area contributed by atoms with Gasteiger partial charge in [-0.15, -0.1) is 0 Å². The summed E-state index contributed by atoms with van der Waals surface area (Å²) >= 11 is 0. The Morgan fingerprint density at radius 1 is 1.12 bits per heavy atom. The molecule has 2 aliphatic heterocycles. The Morgan fingerprint density at radius 2 is 2.00 bits per heavy atom. The molecular formula is C12H9N4. The predicted molar refractivity (Wildman–Crippen MR) is 63.2 cm³/mol. The molecule has 3 rings (SSSR count). The highest BCUT2D eigenvalue weighted by Gasteiger charge is 2.27. The van der Waals surface area contributed by atoms with E-state index < -0.39 is 0 Å². The summed E-state index contributed by atoms with van der Waals surface area (Å²) in [5, 5.41) is 0. The lowest BCUT2D eigenvalue weighted by Gasteiger charge is -2.19. The van der Waals surface area contributed by atoms with Crippen LogP contribution in [0, 0.1) is 6.17 Å². The molecule has 2 aliphatic rings. The first-order valence-corrected chi connectivity index (χ1v) is 5.01. The summed E-state index contributed by atoms with van der Waals surface area (Å²) in [6.07, 6.45) is 4.08. The largest absolute Gasteiger partial charge is 0.324 e. The summed E-state index contributed by atoms with van der Waals surface area (Å²) in [5.41, 5.74) is 1.93. The van der Waals surface area contributed by atoms with Gasteiger partial charge in [0.05, 0.1) is 6.34 Å². The Hall–Kier alpha value is -2.19. The van der Waals surface area contributed by atoms with E-state index in [4.69, 9.17) is 0 Å².